The Hall–Kier alpha value is -3.05. The van der Waals surface area contributed by atoms with Crippen molar-refractivity contribution in [3.05, 3.63) is 101 Å². The van der Waals surface area contributed by atoms with Gasteiger partial charge in [-0.1, -0.05) is 72.3 Å². The Balaban J connectivity index is 1.45. The first-order valence-corrected chi connectivity index (χ1v) is 10.6. The summed E-state index contributed by atoms with van der Waals surface area (Å²) in [5, 5.41) is 4.08. The van der Waals surface area contributed by atoms with Gasteiger partial charge in [0.25, 0.3) is 0 Å². The lowest BCUT2D eigenvalue weighted by molar-refractivity contribution is -0.118. The Labute approximate surface area is 176 Å². The maximum atomic E-state index is 12.0. The monoisotopic (exact) mass is 404 g/mol. The van der Waals surface area contributed by atoms with E-state index in [0.717, 1.165) is 22.6 Å². The molecular weight excluding hydrogens is 380 g/mol. The molecule has 1 amide bonds. The number of aryl methyl sites for hydroxylation is 1. The Bertz CT molecular complexity index is 941. The first kappa shape index (κ1) is 20.7. The summed E-state index contributed by atoms with van der Waals surface area (Å²) in [4.78, 5) is 12.0. The van der Waals surface area contributed by atoms with E-state index in [0.29, 0.717) is 12.4 Å². The van der Waals surface area contributed by atoms with E-state index in [9.17, 15) is 4.79 Å². The van der Waals surface area contributed by atoms with E-state index in [1.54, 1.807) is 18.0 Å². The molecule has 0 fully saturated rings. The average Bonchev–Trinajstić information content (AvgIpc) is 2.75. The molecule has 3 rings (SSSR count). The molecule has 0 aliphatic heterocycles. The van der Waals surface area contributed by atoms with E-state index in [4.69, 9.17) is 4.74 Å². The highest BCUT2D eigenvalue weighted by Gasteiger charge is 2.03. The van der Waals surface area contributed by atoms with Crippen LogP contribution in [0.2, 0.25) is 0 Å². The van der Waals surface area contributed by atoms with Crippen molar-refractivity contribution >= 4 is 23.9 Å². The van der Waals surface area contributed by atoms with Crippen LogP contribution in [0.3, 0.4) is 0 Å². The summed E-state index contributed by atoms with van der Waals surface area (Å²) in [7, 11) is 0. The van der Waals surface area contributed by atoms with Gasteiger partial charge < -0.3 is 4.74 Å². The quantitative estimate of drug-likeness (QED) is 0.405. The molecule has 0 aliphatic carbocycles. The number of nitrogens with zero attached hydrogens (tertiary/aromatic N) is 1. The molecule has 0 spiro atoms. The number of ether oxygens (including phenoxy) is 1. The molecule has 4 nitrogen and oxygen atoms in total. The van der Waals surface area contributed by atoms with Crippen molar-refractivity contribution in [2.24, 2.45) is 5.10 Å². The van der Waals surface area contributed by atoms with Gasteiger partial charge in [-0.25, -0.2) is 5.43 Å². The van der Waals surface area contributed by atoms with E-state index in [1.807, 2.05) is 54.6 Å². The zero-order valence-electron chi connectivity index (χ0n) is 16.4. The summed E-state index contributed by atoms with van der Waals surface area (Å²) in [6.07, 6.45) is 1.61. The fraction of sp³-hybridized carbons (Fsp3) is 0.167. The lowest BCUT2D eigenvalue weighted by Gasteiger charge is -2.09. The predicted molar refractivity (Wildman–Crippen MR) is 120 cm³/mol. The molecule has 29 heavy (non-hydrogen) atoms. The number of para-hydroxylation sites is 1. The van der Waals surface area contributed by atoms with Crippen molar-refractivity contribution < 1.29 is 9.53 Å². The van der Waals surface area contributed by atoms with Gasteiger partial charge in [0.05, 0.1) is 12.0 Å². The highest BCUT2D eigenvalue weighted by atomic mass is 32.2. The van der Waals surface area contributed by atoms with Crippen molar-refractivity contribution in [2.45, 2.75) is 19.3 Å². The molecule has 0 radical (unpaired) electrons. The molecule has 0 saturated heterocycles. The SMILES string of the molecule is Cc1ccc(CSCC(=O)N/N=C\c2ccccc2OCc2ccccc2)cc1. The van der Waals surface area contributed by atoms with Crippen LogP contribution in [-0.4, -0.2) is 17.9 Å². The first-order valence-electron chi connectivity index (χ1n) is 9.41. The maximum absolute atomic E-state index is 12.0. The van der Waals surface area contributed by atoms with Crippen LogP contribution >= 0.6 is 11.8 Å². The number of hydrogen-bond donors (Lipinski definition) is 1. The third kappa shape index (κ3) is 7.12. The van der Waals surface area contributed by atoms with Gasteiger partial charge in [-0.15, -0.1) is 11.8 Å². The van der Waals surface area contributed by atoms with Crippen LogP contribution in [0.1, 0.15) is 22.3 Å². The predicted octanol–water partition coefficient (Wildman–Crippen LogP) is 4.96. The molecular formula is C24H24N2O2S. The Morgan fingerprint density at radius 2 is 1.69 bits per heavy atom. The number of thioether (sulfide) groups is 1. The molecule has 3 aromatic carbocycles. The zero-order chi connectivity index (χ0) is 20.3. The van der Waals surface area contributed by atoms with Crippen molar-refractivity contribution in [3.8, 4) is 5.75 Å². The number of rotatable bonds is 9. The minimum Gasteiger partial charge on any atom is -0.488 e. The third-order valence-electron chi connectivity index (χ3n) is 4.17. The van der Waals surface area contributed by atoms with Crippen molar-refractivity contribution in [1.29, 1.82) is 0 Å². The number of carbonyl (C=O) groups is 1. The number of amides is 1. The molecule has 0 saturated carbocycles. The lowest BCUT2D eigenvalue weighted by Crippen LogP contribution is -2.19. The van der Waals surface area contributed by atoms with E-state index in [-0.39, 0.29) is 5.91 Å². The Kier molecular flexibility index (Phi) is 7.90. The number of nitrogens with one attached hydrogen (secondary N) is 1. The maximum Gasteiger partial charge on any atom is 0.250 e. The molecule has 3 aromatic rings. The summed E-state index contributed by atoms with van der Waals surface area (Å²) in [5.41, 5.74) is 6.94. The molecule has 1 N–H and O–H groups in total. The fourth-order valence-corrected chi connectivity index (χ4v) is 3.39. The summed E-state index contributed by atoms with van der Waals surface area (Å²) < 4.78 is 5.89. The summed E-state index contributed by atoms with van der Waals surface area (Å²) in [6.45, 7) is 2.54. The van der Waals surface area contributed by atoms with Crippen LogP contribution in [-0.2, 0) is 17.2 Å². The van der Waals surface area contributed by atoms with Crippen molar-refractivity contribution in [3.63, 3.8) is 0 Å². The highest BCUT2D eigenvalue weighted by molar-refractivity contribution is 7.99. The van der Waals surface area contributed by atoms with Crippen molar-refractivity contribution in [2.75, 3.05) is 5.75 Å². The Morgan fingerprint density at radius 3 is 2.48 bits per heavy atom. The standard InChI is InChI=1S/C24H24N2O2S/c1-19-11-13-21(14-12-19)17-29-18-24(27)26-25-15-22-9-5-6-10-23(22)28-16-20-7-3-2-4-8-20/h2-15H,16-18H2,1H3,(H,26,27)/b25-15-. The van der Waals surface area contributed by atoms with Crippen LogP contribution in [0.25, 0.3) is 0 Å². The second-order valence-corrected chi connectivity index (χ2v) is 7.57. The number of hydrogen-bond acceptors (Lipinski definition) is 4. The van der Waals surface area contributed by atoms with Crippen LogP contribution in [0.4, 0.5) is 0 Å². The molecule has 0 bridgehead atoms. The normalized spacial score (nSPS) is 10.8. The lowest BCUT2D eigenvalue weighted by atomic mass is 10.2. The van der Waals surface area contributed by atoms with Gasteiger partial charge in [0.1, 0.15) is 12.4 Å². The van der Waals surface area contributed by atoms with Crippen LogP contribution in [0.15, 0.2) is 84.0 Å². The van der Waals surface area contributed by atoms with Gasteiger partial charge in [-0.2, -0.15) is 5.10 Å². The minimum absolute atomic E-state index is 0.124. The van der Waals surface area contributed by atoms with Gasteiger partial charge >= 0.3 is 0 Å². The van der Waals surface area contributed by atoms with E-state index >= 15 is 0 Å². The van der Waals surface area contributed by atoms with Gasteiger partial charge in [-0.05, 0) is 30.2 Å². The largest absolute Gasteiger partial charge is 0.488 e. The smallest absolute Gasteiger partial charge is 0.250 e. The van der Waals surface area contributed by atoms with Crippen LogP contribution < -0.4 is 10.2 Å². The van der Waals surface area contributed by atoms with Gasteiger partial charge in [-0.3, -0.25) is 4.79 Å². The number of hydrazone groups is 1. The van der Waals surface area contributed by atoms with Crippen molar-refractivity contribution in [1.82, 2.24) is 5.43 Å². The van der Waals surface area contributed by atoms with Crippen LogP contribution in [0, 0.1) is 6.92 Å². The van der Waals surface area contributed by atoms with E-state index < -0.39 is 0 Å². The first-order chi connectivity index (χ1) is 14.2. The molecule has 0 aromatic heterocycles. The second-order valence-electron chi connectivity index (χ2n) is 6.58. The topological polar surface area (TPSA) is 50.7 Å². The van der Waals surface area contributed by atoms with Crippen LogP contribution in [0.5, 0.6) is 5.75 Å². The molecule has 0 heterocycles. The molecule has 0 unspecified atom stereocenters. The second kappa shape index (κ2) is 11.1. The van der Waals surface area contributed by atoms with E-state index in [2.05, 4.69) is 41.7 Å². The number of benzene rings is 3. The summed E-state index contributed by atoms with van der Waals surface area (Å²) in [6, 6.07) is 25.9. The average molecular weight is 405 g/mol. The van der Waals surface area contributed by atoms with Gasteiger partial charge in [0.15, 0.2) is 0 Å². The van der Waals surface area contributed by atoms with E-state index in [1.165, 1.54) is 11.1 Å². The molecule has 5 heteroatoms. The molecule has 148 valence electrons. The zero-order valence-corrected chi connectivity index (χ0v) is 17.2. The molecule has 0 atom stereocenters. The third-order valence-corrected chi connectivity index (χ3v) is 5.18. The molecule has 0 aliphatic rings. The van der Waals surface area contributed by atoms with Gasteiger partial charge in [0, 0.05) is 11.3 Å². The van der Waals surface area contributed by atoms with Gasteiger partial charge in [0.2, 0.25) is 5.91 Å². The minimum atomic E-state index is -0.124. The summed E-state index contributed by atoms with van der Waals surface area (Å²) in [5.74, 6) is 1.76. The highest BCUT2D eigenvalue weighted by Crippen LogP contribution is 2.17. The summed E-state index contributed by atoms with van der Waals surface area (Å²) >= 11 is 1.56. The number of carbonyl (C=O) groups excluding carboxylic acids is 1. The Morgan fingerprint density at radius 1 is 0.966 bits per heavy atom. The fourth-order valence-electron chi connectivity index (χ4n) is 2.61.